The second-order valence-electron chi connectivity index (χ2n) is 7.47. The summed E-state index contributed by atoms with van der Waals surface area (Å²) in [5, 5.41) is 13.5. The van der Waals surface area contributed by atoms with Gasteiger partial charge in [-0.2, -0.15) is 0 Å². The van der Waals surface area contributed by atoms with Crippen molar-refractivity contribution in [3.05, 3.63) is 63.3 Å². The number of nitrogens with one attached hydrogen (secondary N) is 2. The molecule has 1 aromatic heterocycles. The lowest BCUT2D eigenvalue weighted by Gasteiger charge is -2.11. The van der Waals surface area contributed by atoms with Crippen molar-refractivity contribution in [1.82, 2.24) is 4.98 Å². The number of carboxylic acid groups (broad SMARTS) is 1. The first kappa shape index (κ1) is 25.1. The monoisotopic (exact) mass is 504 g/mol. The molecule has 0 bridgehead atoms. The highest BCUT2D eigenvalue weighted by Gasteiger charge is 2.22. The van der Waals surface area contributed by atoms with Crippen LogP contribution in [-0.4, -0.2) is 40.8 Å². The number of rotatable bonds is 7. The Morgan fingerprint density at radius 3 is 2.56 bits per heavy atom. The molecule has 178 valence electrons. The van der Waals surface area contributed by atoms with Crippen molar-refractivity contribution in [1.29, 1.82) is 0 Å². The summed E-state index contributed by atoms with van der Waals surface area (Å²) in [6.07, 6.45) is 0.343. The van der Waals surface area contributed by atoms with Crippen LogP contribution < -0.4 is 5.32 Å². The van der Waals surface area contributed by atoms with Crippen LogP contribution in [0.25, 0.3) is 22.6 Å². The normalized spacial score (nSPS) is 11.5. The van der Waals surface area contributed by atoms with Crippen LogP contribution in [0.3, 0.4) is 0 Å². The van der Waals surface area contributed by atoms with Crippen LogP contribution in [-0.2, 0) is 14.3 Å². The number of aromatic amines is 1. The predicted octanol–water partition coefficient (Wildman–Crippen LogP) is 6.23. The van der Waals surface area contributed by atoms with Crippen molar-refractivity contribution in [2.75, 3.05) is 11.9 Å². The largest absolute Gasteiger partial charge is 0.478 e. The van der Waals surface area contributed by atoms with Gasteiger partial charge >= 0.3 is 18.0 Å². The fraction of sp³-hybridized carbons (Fsp3) is 0.208. The number of hydrogen-bond donors (Lipinski definition) is 3. The first-order chi connectivity index (χ1) is 16.1. The highest BCUT2D eigenvalue weighted by molar-refractivity contribution is 6.39. The standard InChI is InChI=1S/C24H22Cl2N2O6/c1-4-33-23(31)21-17(20-18(26)9-14(25)10-19(20)28-21)11-16(22(29)30)13-6-5-7-15(8-13)27-24(32)34-12(2)3/h5-12,28H,4H2,1-3H3,(H,27,32)(H,29,30). The number of ether oxygens (including phenoxy) is 2. The van der Waals surface area contributed by atoms with Gasteiger partial charge in [-0.1, -0.05) is 35.3 Å². The van der Waals surface area contributed by atoms with E-state index in [1.807, 2.05) is 0 Å². The third kappa shape index (κ3) is 5.70. The van der Waals surface area contributed by atoms with Crippen molar-refractivity contribution in [2.24, 2.45) is 0 Å². The fourth-order valence-electron chi connectivity index (χ4n) is 3.32. The van der Waals surface area contributed by atoms with E-state index in [1.165, 1.54) is 18.2 Å². The molecule has 0 radical (unpaired) electrons. The summed E-state index contributed by atoms with van der Waals surface area (Å²) in [5.41, 5.74) is 1.20. The van der Waals surface area contributed by atoms with Crippen molar-refractivity contribution in [3.63, 3.8) is 0 Å². The minimum atomic E-state index is -1.25. The van der Waals surface area contributed by atoms with Crippen LogP contribution in [0, 0.1) is 0 Å². The Morgan fingerprint density at radius 1 is 1.18 bits per heavy atom. The lowest BCUT2D eigenvalue weighted by molar-refractivity contribution is -0.130. The zero-order valence-electron chi connectivity index (χ0n) is 18.6. The van der Waals surface area contributed by atoms with Gasteiger partial charge in [-0.25, -0.2) is 14.4 Å². The number of carboxylic acids is 1. The summed E-state index contributed by atoms with van der Waals surface area (Å²) in [5.74, 6) is -1.93. The highest BCUT2D eigenvalue weighted by atomic mass is 35.5. The molecular weight excluding hydrogens is 483 g/mol. The van der Waals surface area contributed by atoms with Crippen molar-refractivity contribution < 1.29 is 29.0 Å². The van der Waals surface area contributed by atoms with Crippen LogP contribution in [0.1, 0.15) is 42.4 Å². The lowest BCUT2D eigenvalue weighted by Crippen LogP contribution is -2.18. The zero-order chi connectivity index (χ0) is 25.0. The fourth-order valence-corrected chi connectivity index (χ4v) is 3.92. The maximum atomic E-state index is 12.6. The molecule has 0 fully saturated rings. The Hall–Kier alpha value is -3.49. The summed E-state index contributed by atoms with van der Waals surface area (Å²) in [6.45, 7) is 5.20. The Morgan fingerprint density at radius 2 is 1.91 bits per heavy atom. The molecule has 3 rings (SSSR count). The summed E-state index contributed by atoms with van der Waals surface area (Å²) < 4.78 is 10.2. The third-order valence-electron chi connectivity index (χ3n) is 4.61. The molecule has 3 N–H and O–H groups in total. The Balaban J connectivity index is 2.16. The summed E-state index contributed by atoms with van der Waals surface area (Å²) in [4.78, 5) is 39.7. The number of carbonyl (C=O) groups is 3. The molecule has 34 heavy (non-hydrogen) atoms. The Bertz CT molecular complexity index is 1300. The van der Waals surface area contributed by atoms with Gasteiger partial charge in [-0.15, -0.1) is 0 Å². The number of aromatic nitrogens is 1. The van der Waals surface area contributed by atoms with E-state index in [4.69, 9.17) is 32.7 Å². The quantitative estimate of drug-likeness (QED) is 0.259. The molecule has 0 saturated heterocycles. The summed E-state index contributed by atoms with van der Waals surface area (Å²) in [6, 6.07) is 9.31. The number of amides is 1. The van der Waals surface area contributed by atoms with Gasteiger partial charge in [0.15, 0.2) is 0 Å². The molecule has 0 spiro atoms. The molecule has 1 heterocycles. The van der Waals surface area contributed by atoms with Crippen LogP contribution in [0.4, 0.5) is 10.5 Å². The van der Waals surface area contributed by atoms with E-state index in [0.29, 0.717) is 21.6 Å². The number of H-pyrrole nitrogens is 1. The van der Waals surface area contributed by atoms with E-state index >= 15 is 0 Å². The lowest BCUT2D eigenvalue weighted by atomic mass is 10.0. The van der Waals surface area contributed by atoms with Crippen molar-refractivity contribution in [2.45, 2.75) is 26.9 Å². The SMILES string of the molecule is CCOC(=O)c1[nH]c2cc(Cl)cc(Cl)c2c1C=C(C(=O)O)c1cccc(NC(=O)OC(C)C)c1. The van der Waals surface area contributed by atoms with Gasteiger partial charge in [0.25, 0.3) is 0 Å². The number of hydrogen-bond acceptors (Lipinski definition) is 5. The van der Waals surface area contributed by atoms with E-state index in [2.05, 4.69) is 10.3 Å². The predicted molar refractivity (Wildman–Crippen MR) is 131 cm³/mol. The minimum Gasteiger partial charge on any atom is -0.478 e. The molecule has 0 atom stereocenters. The minimum absolute atomic E-state index is 0.0366. The van der Waals surface area contributed by atoms with Crippen molar-refractivity contribution in [3.8, 4) is 0 Å². The number of halogens is 2. The smallest absolute Gasteiger partial charge is 0.411 e. The van der Waals surface area contributed by atoms with Gasteiger partial charge in [0.05, 0.1) is 23.3 Å². The first-order valence-electron chi connectivity index (χ1n) is 10.3. The maximum Gasteiger partial charge on any atom is 0.411 e. The molecule has 0 aliphatic rings. The zero-order valence-corrected chi connectivity index (χ0v) is 20.1. The number of aliphatic carboxylic acids is 1. The Labute approximate surface area is 205 Å². The molecule has 0 aliphatic heterocycles. The molecule has 10 heteroatoms. The summed E-state index contributed by atoms with van der Waals surface area (Å²) in [7, 11) is 0. The van der Waals surface area contributed by atoms with E-state index in [1.54, 1.807) is 45.0 Å². The molecule has 0 aliphatic carbocycles. The molecule has 0 unspecified atom stereocenters. The van der Waals surface area contributed by atoms with Crippen LogP contribution in [0.5, 0.6) is 0 Å². The van der Waals surface area contributed by atoms with Crippen LogP contribution in [0.2, 0.25) is 10.0 Å². The number of fused-ring (bicyclic) bond motifs is 1. The van der Waals surface area contributed by atoms with E-state index in [9.17, 15) is 19.5 Å². The maximum absolute atomic E-state index is 12.6. The van der Waals surface area contributed by atoms with E-state index in [-0.39, 0.29) is 40.1 Å². The average molecular weight is 505 g/mol. The van der Waals surface area contributed by atoms with E-state index in [0.717, 1.165) is 0 Å². The Kier molecular flexibility index (Phi) is 7.86. The van der Waals surface area contributed by atoms with Gasteiger partial charge in [-0.05, 0) is 56.7 Å². The van der Waals surface area contributed by atoms with Gasteiger partial charge < -0.3 is 19.6 Å². The van der Waals surface area contributed by atoms with Crippen LogP contribution in [0.15, 0.2) is 36.4 Å². The average Bonchev–Trinajstić information content (AvgIpc) is 3.10. The van der Waals surface area contributed by atoms with Gasteiger partial charge in [0.1, 0.15) is 5.69 Å². The molecular formula is C24H22Cl2N2O6. The summed E-state index contributed by atoms with van der Waals surface area (Å²) >= 11 is 12.5. The first-order valence-corrected chi connectivity index (χ1v) is 11.1. The third-order valence-corrected chi connectivity index (χ3v) is 5.13. The molecule has 3 aromatic rings. The van der Waals surface area contributed by atoms with Gasteiger partial charge in [0.2, 0.25) is 0 Å². The second kappa shape index (κ2) is 10.6. The second-order valence-corrected chi connectivity index (χ2v) is 8.31. The molecule has 2 aromatic carbocycles. The molecule has 1 amide bonds. The molecule has 0 saturated carbocycles. The van der Waals surface area contributed by atoms with Crippen LogP contribution >= 0.6 is 23.2 Å². The highest BCUT2D eigenvalue weighted by Crippen LogP contribution is 2.35. The van der Waals surface area contributed by atoms with Gasteiger partial charge in [-0.3, -0.25) is 5.32 Å². The van der Waals surface area contributed by atoms with Crippen molar-refractivity contribution >= 4 is 69.5 Å². The van der Waals surface area contributed by atoms with Gasteiger partial charge in [0, 0.05) is 27.2 Å². The number of benzene rings is 2. The number of carbonyl (C=O) groups excluding carboxylic acids is 2. The topological polar surface area (TPSA) is 118 Å². The number of anilines is 1. The molecule has 8 nitrogen and oxygen atoms in total. The number of esters is 1. The van der Waals surface area contributed by atoms with E-state index < -0.39 is 18.0 Å².